The van der Waals surface area contributed by atoms with E-state index < -0.39 is 0 Å². The molecule has 30 heavy (non-hydrogen) atoms. The van der Waals surface area contributed by atoms with E-state index in [2.05, 4.69) is 43.0 Å². The molecule has 1 aliphatic rings. The largest absolute Gasteiger partial charge is 0.497 e. The first-order valence-electron chi connectivity index (χ1n) is 10.7. The molecule has 2 heterocycles. The van der Waals surface area contributed by atoms with Gasteiger partial charge < -0.3 is 14.5 Å². The third-order valence-corrected chi connectivity index (χ3v) is 6.16. The number of methoxy groups -OCH3 is 1. The molecular formula is C23H34N4O2S. The SMILES string of the molecule is COc1cccc(Cc2nsc(N3CCN(C(=O)C[C@@H](C)CC(C)(C)C)CC3)n2)c1. The lowest BCUT2D eigenvalue weighted by molar-refractivity contribution is -0.132. The molecule has 0 radical (unpaired) electrons. The molecule has 0 bridgehead atoms. The van der Waals surface area contributed by atoms with E-state index >= 15 is 0 Å². The number of hydrogen-bond donors (Lipinski definition) is 0. The zero-order valence-electron chi connectivity index (χ0n) is 18.9. The van der Waals surface area contributed by atoms with Gasteiger partial charge in [0.25, 0.3) is 0 Å². The average Bonchev–Trinajstić information content (AvgIpc) is 3.15. The molecular weight excluding hydrogens is 396 g/mol. The van der Waals surface area contributed by atoms with Gasteiger partial charge in [0.2, 0.25) is 11.0 Å². The van der Waals surface area contributed by atoms with E-state index in [-0.39, 0.29) is 11.3 Å². The van der Waals surface area contributed by atoms with Crippen LogP contribution in [0.5, 0.6) is 5.75 Å². The predicted molar refractivity (Wildman–Crippen MR) is 122 cm³/mol. The Hall–Kier alpha value is -2.15. The van der Waals surface area contributed by atoms with Gasteiger partial charge in [-0.1, -0.05) is 39.8 Å². The van der Waals surface area contributed by atoms with Crippen LogP contribution in [0.4, 0.5) is 5.13 Å². The van der Waals surface area contributed by atoms with E-state index in [1.54, 1.807) is 7.11 Å². The van der Waals surface area contributed by atoms with Crippen LogP contribution >= 0.6 is 11.5 Å². The molecule has 1 aliphatic heterocycles. The average molecular weight is 431 g/mol. The molecule has 6 nitrogen and oxygen atoms in total. The highest BCUT2D eigenvalue weighted by Gasteiger charge is 2.25. The summed E-state index contributed by atoms with van der Waals surface area (Å²) < 4.78 is 9.83. The Morgan fingerprint density at radius 3 is 2.63 bits per heavy atom. The maximum Gasteiger partial charge on any atom is 0.222 e. The Morgan fingerprint density at radius 1 is 1.23 bits per heavy atom. The number of ether oxygens (including phenoxy) is 1. The van der Waals surface area contributed by atoms with Crippen LogP contribution in [0, 0.1) is 11.3 Å². The summed E-state index contributed by atoms with van der Waals surface area (Å²) in [6.07, 6.45) is 2.40. The Kier molecular flexibility index (Phi) is 7.34. The van der Waals surface area contributed by atoms with Gasteiger partial charge in [-0.25, -0.2) is 4.98 Å². The second-order valence-corrected chi connectivity index (χ2v) is 10.2. The standard InChI is InChI=1S/C23H34N4O2S/c1-17(16-23(2,3)4)13-21(28)26-9-11-27(12-10-26)22-24-20(25-30-22)15-18-7-6-8-19(14-18)29-5/h6-8,14,17H,9-13,15-16H2,1-5H3/t17-/m1/s1. The lowest BCUT2D eigenvalue weighted by Gasteiger charge is -2.35. The number of nitrogens with zero attached hydrogens (tertiary/aromatic N) is 4. The first kappa shape index (κ1) is 22.5. The van der Waals surface area contributed by atoms with Gasteiger partial charge in [-0.15, -0.1) is 0 Å². The van der Waals surface area contributed by atoms with Crippen molar-refractivity contribution in [3.8, 4) is 5.75 Å². The third-order valence-electron chi connectivity index (χ3n) is 5.34. The smallest absolute Gasteiger partial charge is 0.222 e. The first-order valence-corrected chi connectivity index (χ1v) is 11.5. The molecule has 0 saturated carbocycles. The molecule has 7 heteroatoms. The van der Waals surface area contributed by atoms with Gasteiger partial charge >= 0.3 is 0 Å². The summed E-state index contributed by atoms with van der Waals surface area (Å²) in [4.78, 5) is 21.7. The lowest BCUT2D eigenvalue weighted by atomic mass is 9.84. The van der Waals surface area contributed by atoms with Crippen LogP contribution in [0.1, 0.15) is 51.9 Å². The van der Waals surface area contributed by atoms with E-state index in [1.807, 2.05) is 23.1 Å². The zero-order valence-corrected chi connectivity index (χ0v) is 19.7. The summed E-state index contributed by atoms with van der Waals surface area (Å²) in [6, 6.07) is 8.01. The number of benzene rings is 1. The van der Waals surface area contributed by atoms with Crippen molar-refractivity contribution in [3.63, 3.8) is 0 Å². The van der Waals surface area contributed by atoms with E-state index in [1.165, 1.54) is 11.5 Å². The second kappa shape index (κ2) is 9.77. The van der Waals surface area contributed by atoms with Crippen molar-refractivity contribution in [2.75, 3.05) is 38.2 Å². The number of rotatable bonds is 7. The molecule has 1 atom stereocenters. The lowest BCUT2D eigenvalue weighted by Crippen LogP contribution is -2.49. The zero-order chi connectivity index (χ0) is 21.7. The van der Waals surface area contributed by atoms with Crippen molar-refractivity contribution in [2.24, 2.45) is 11.3 Å². The van der Waals surface area contributed by atoms with Crippen LogP contribution in [0.2, 0.25) is 0 Å². The van der Waals surface area contributed by atoms with Gasteiger partial charge in [-0.2, -0.15) is 4.37 Å². The molecule has 1 fully saturated rings. The summed E-state index contributed by atoms with van der Waals surface area (Å²) in [6.45, 7) is 12.0. The molecule has 164 valence electrons. The number of aromatic nitrogens is 2. The van der Waals surface area contributed by atoms with Gasteiger partial charge in [-0.3, -0.25) is 4.79 Å². The number of anilines is 1. The summed E-state index contributed by atoms with van der Waals surface area (Å²) in [5.74, 6) is 2.37. The quantitative estimate of drug-likeness (QED) is 0.657. The first-order chi connectivity index (χ1) is 14.2. The normalized spacial score (nSPS) is 15.9. The van der Waals surface area contributed by atoms with Crippen molar-refractivity contribution >= 4 is 22.6 Å². The molecule has 2 aromatic rings. The number of hydrogen-bond acceptors (Lipinski definition) is 6. The molecule has 1 aromatic heterocycles. The Bertz CT molecular complexity index is 838. The highest BCUT2D eigenvalue weighted by Crippen LogP contribution is 2.27. The summed E-state index contributed by atoms with van der Waals surface area (Å²) in [5, 5.41) is 0.945. The van der Waals surface area contributed by atoms with E-state index in [0.29, 0.717) is 18.8 Å². The number of carbonyl (C=O) groups excluding carboxylic acids is 1. The van der Waals surface area contributed by atoms with Crippen molar-refractivity contribution < 1.29 is 9.53 Å². The van der Waals surface area contributed by atoms with Gasteiger partial charge in [0, 0.05) is 50.6 Å². The maximum atomic E-state index is 12.7. The van der Waals surface area contributed by atoms with Crippen molar-refractivity contribution in [1.29, 1.82) is 0 Å². The molecule has 1 aromatic carbocycles. The van der Waals surface area contributed by atoms with E-state index in [9.17, 15) is 4.79 Å². The second-order valence-electron chi connectivity index (χ2n) is 9.46. The van der Waals surface area contributed by atoms with Gasteiger partial charge in [0.15, 0.2) is 0 Å². The molecule has 0 N–H and O–H groups in total. The van der Waals surface area contributed by atoms with Gasteiger partial charge in [-0.05, 0) is 35.4 Å². The number of amides is 1. The maximum absolute atomic E-state index is 12.7. The molecule has 1 amide bonds. The molecule has 0 spiro atoms. The molecule has 3 rings (SSSR count). The molecule has 0 unspecified atom stereocenters. The summed E-state index contributed by atoms with van der Waals surface area (Å²) in [5.41, 5.74) is 1.40. The fourth-order valence-corrected chi connectivity index (χ4v) is 4.84. The minimum Gasteiger partial charge on any atom is -0.497 e. The minimum absolute atomic E-state index is 0.263. The Labute approximate surface area is 184 Å². The fraction of sp³-hybridized carbons (Fsp3) is 0.609. The number of carbonyl (C=O) groups is 1. The summed E-state index contributed by atoms with van der Waals surface area (Å²) >= 11 is 1.44. The topological polar surface area (TPSA) is 58.6 Å². The van der Waals surface area contributed by atoms with Crippen LogP contribution in [-0.4, -0.2) is 53.5 Å². The van der Waals surface area contributed by atoms with E-state index in [4.69, 9.17) is 9.72 Å². The Balaban J connectivity index is 1.50. The molecule has 1 saturated heterocycles. The van der Waals surface area contributed by atoms with Crippen LogP contribution in [0.25, 0.3) is 0 Å². The predicted octanol–water partition coefficient (Wildman–Crippen LogP) is 4.25. The highest BCUT2D eigenvalue weighted by atomic mass is 32.1. The van der Waals surface area contributed by atoms with Crippen LogP contribution in [-0.2, 0) is 11.2 Å². The minimum atomic E-state index is 0.263. The van der Waals surface area contributed by atoms with E-state index in [0.717, 1.165) is 54.9 Å². The van der Waals surface area contributed by atoms with Crippen molar-refractivity contribution in [2.45, 2.75) is 47.0 Å². The highest BCUT2D eigenvalue weighted by molar-refractivity contribution is 7.09. The van der Waals surface area contributed by atoms with Gasteiger partial charge in [0.1, 0.15) is 11.6 Å². The Morgan fingerprint density at radius 2 is 1.97 bits per heavy atom. The van der Waals surface area contributed by atoms with Crippen LogP contribution in [0.3, 0.4) is 0 Å². The van der Waals surface area contributed by atoms with Gasteiger partial charge in [0.05, 0.1) is 7.11 Å². The van der Waals surface area contributed by atoms with Crippen LogP contribution in [0.15, 0.2) is 24.3 Å². The van der Waals surface area contributed by atoms with Crippen molar-refractivity contribution in [1.82, 2.24) is 14.3 Å². The fourth-order valence-electron chi connectivity index (χ4n) is 4.10. The summed E-state index contributed by atoms with van der Waals surface area (Å²) in [7, 11) is 1.67. The number of piperazine rings is 1. The molecule has 0 aliphatic carbocycles. The third kappa shape index (κ3) is 6.42. The monoisotopic (exact) mass is 430 g/mol. The van der Waals surface area contributed by atoms with Crippen LogP contribution < -0.4 is 9.64 Å². The van der Waals surface area contributed by atoms with Crippen molar-refractivity contribution in [3.05, 3.63) is 35.7 Å².